The van der Waals surface area contributed by atoms with Crippen molar-refractivity contribution in [3.63, 3.8) is 0 Å². The van der Waals surface area contributed by atoms with E-state index in [1.807, 2.05) is 0 Å². The van der Waals surface area contributed by atoms with Crippen LogP contribution in [0, 0.1) is 0 Å². The predicted octanol–water partition coefficient (Wildman–Crippen LogP) is 3.60. The molecular formula is C11H21N. The summed E-state index contributed by atoms with van der Waals surface area (Å²) in [6, 6.07) is 0.458. The first-order chi connectivity index (χ1) is 5.49. The highest BCUT2D eigenvalue weighted by molar-refractivity contribution is 5.98. The number of hydrogen-bond donors (Lipinski definition) is 0. The van der Waals surface area contributed by atoms with Gasteiger partial charge in [0.1, 0.15) is 0 Å². The fourth-order valence-electron chi connectivity index (χ4n) is 0.880. The SMILES string of the molecule is CCC(C)N=C(C)C(C)=C(C)C. The molecule has 70 valence electrons. The molecule has 0 spiro atoms. The summed E-state index contributed by atoms with van der Waals surface area (Å²) in [5.41, 5.74) is 3.87. The van der Waals surface area contributed by atoms with Gasteiger partial charge in [0.25, 0.3) is 0 Å². The molecule has 0 aromatic heterocycles. The minimum Gasteiger partial charge on any atom is -0.287 e. The van der Waals surface area contributed by atoms with E-state index in [-0.39, 0.29) is 0 Å². The zero-order valence-corrected chi connectivity index (χ0v) is 9.23. The monoisotopic (exact) mass is 167 g/mol. The maximum Gasteiger partial charge on any atom is 0.0472 e. The van der Waals surface area contributed by atoms with E-state index in [2.05, 4.69) is 46.5 Å². The molecule has 0 bridgehead atoms. The van der Waals surface area contributed by atoms with Crippen LogP contribution >= 0.6 is 0 Å². The molecule has 12 heavy (non-hydrogen) atoms. The van der Waals surface area contributed by atoms with Crippen LogP contribution in [0.4, 0.5) is 0 Å². The fourth-order valence-corrected chi connectivity index (χ4v) is 0.880. The Balaban J connectivity index is 4.49. The summed E-state index contributed by atoms with van der Waals surface area (Å²) in [4.78, 5) is 4.58. The van der Waals surface area contributed by atoms with Gasteiger partial charge in [-0.25, -0.2) is 0 Å². The molecular weight excluding hydrogens is 146 g/mol. The van der Waals surface area contributed by atoms with Crippen molar-refractivity contribution < 1.29 is 0 Å². The molecule has 0 aliphatic carbocycles. The molecule has 1 heteroatoms. The molecule has 0 rings (SSSR count). The molecule has 1 atom stereocenters. The molecule has 0 saturated carbocycles. The number of rotatable bonds is 3. The van der Waals surface area contributed by atoms with Crippen molar-refractivity contribution in [3.8, 4) is 0 Å². The van der Waals surface area contributed by atoms with Gasteiger partial charge in [-0.2, -0.15) is 0 Å². The van der Waals surface area contributed by atoms with Gasteiger partial charge in [0, 0.05) is 11.8 Å². The smallest absolute Gasteiger partial charge is 0.0472 e. The van der Waals surface area contributed by atoms with Crippen molar-refractivity contribution in [1.29, 1.82) is 0 Å². The molecule has 0 amide bonds. The Hall–Kier alpha value is -0.590. The first-order valence-electron chi connectivity index (χ1n) is 4.67. The molecule has 1 unspecified atom stereocenters. The van der Waals surface area contributed by atoms with E-state index in [1.54, 1.807) is 0 Å². The van der Waals surface area contributed by atoms with Crippen molar-refractivity contribution in [2.45, 2.75) is 54.0 Å². The summed E-state index contributed by atoms with van der Waals surface area (Å²) < 4.78 is 0. The quantitative estimate of drug-likeness (QED) is 0.569. The van der Waals surface area contributed by atoms with Crippen molar-refractivity contribution in [2.24, 2.45) is 4.99 Å². The van der Waals surface area contributed by atoms with E-state index >= 15 is 0 Å². The lowest BCUT2D eigenvalue weighted by molar-refractivity contribution is 0.716. The van der Waals surface area contributed by atoms with Crippen LogP contribution in [-0.4, -0.2) is 11.8 Å². The van der Waals surface area contributed by atoms with Gasteiger partial charge in [-0.05, 0) is 46.6 Å². The number of hydrogen-bond acceptors (Lipinski definition) is 1. The molecule has 0 heterocycles. The topological polar surface area (TPSA) is 12.4 Å². The van der Waals surface area contributed by atoms with Gasteiger partial charge in [0.15, 0.2) is 0 Å². The Morgan fingerprint density at radius 1 is 1.17 bits per heavy atom. The van der Waals surface area contributed by atoms with Crippen LogP contribution in [0.5, 0.6) is 0 Å². The molecule has 0 aromatic rings. The van der Waals surface area contributed by atoms with Gasteiger partial charge in [0.05, 0.1) is 0 Å². The maximum absolute atomic E-state index is 4.58. The largest absolute Gasteiger partial charge is 0.287 e. The maximum atomic E-state index is 4.58. The molecule has 1 nitrogen and oxygen atoms in total. The summed E-state index contributed by atoms with van der Waals surface area (Å²) in [6.07, 6.45) is 1.12. The minimum absolute atomic E-state index is 0.458. The average Bonchev–Trinajstić information content (AvgIpc) is 2.02. The summed E-state index contributed by atoms with van der Waals surface area (Å²) in [7, 11) is 0. The van der Waals surface area contributed by atoms with E-state index < -0.39 is 0 Å². The van der Waals surface area contributed by atoms with Gasteiger partial charge in [-0.1, -0.05) is 12.5 Å². The van der Waals surface area contributed by atoms with Crippen LogP contribution in [0.15, 0.2) is 16.1 Å². The van der Waals surface area contributed by atoms with Crippen LogP contribution in [0.1, 0.15) is 48.0 Å². The Kier molecular flexibility index (Phi) is 4.87. The molecule has 0 aliphatic heterocycles. The van der Waals surface area contributed by atoms with Crippen molar-refractivity contribution in [3.05, 3.63) is 11.1 Å². The van der Waals surface area contributed by atoms with Crippen molar-refractivity contribution in [1.82, 2.24) is 0 Å². The Morgan fingerprint density at radius 3 is 2.00 bits per heavy atom. The van der Waals surface area contributed by atoms with E-state index in [0.29, 0.717) is 6.04 Å². The lowest BCUT2D eigenvalue weighted by atomic mass is 10.1. The first kappa shape index (κ1) is 11.4. The third-order valence-electron chi connectivity index (χ3n) is 2.30. The summed E-state index contributed by atoms with van der Waals surface area (Å²) in [6.45, 7) is 12.8. The Morgan fingerprint density at radius 2 is 1.67 bits per heavy atom. The highest BCUT2D eigenvalue weighted by atomic mass is 14.8. The third-order valence-corrected chi connectivity index (χ3v) is 2.30. The highest BCUT2D eigenvalue weighted by Gasteiger charge is 1.99. The third kappa shape index (κ3) is 3.70. The van der Waals surface area contributed by atoms with Crippen LogP contribution in [-0.2, 0) is 0 Å². The van der Waals surface area contributed by atoms with Gasteiger partial charge in [0.2, 0.25) is 0 Å². The number of aliphatic imine (C=N–C) groups is 1. The van der Waals surface area contributed by atoms with E-state index in [9.17, 15) is 0 Å². The van der Waals surface area contributed by atoms with Crippen LogP contribution in [0.2, 0.25) is 0 Å². The average molecular weight is 167 g/mol. The van der Waals surface area contributed by atoms with Crippen LogP contribution in [0.3, 0.4) is 0 Å². The van der Waals surface area contributed by atoms with Gasteiger partial charge in [-0.3, -0.25) is 4.99 Å². The first-order valence-corrected chi connectivity index (χ1v) is 4.67. The van der Waals surface area contributed by atoms with Crippen molar-refractivity contribution in [2.75, 3.05) is 0 Å². The van der Waals surface area contributed by atoms with Gasteiger partial charge in [-0.15, -0.1) is 0 Å². The molecule has 0 saturated heterocycles. The standard InChI is InChI=1S/C11H21N/c1-7-9(4)12-11(6)10(5)8(2)3/h9H,7H2,1-6H3. The second-order valence-electron chi connectivity index (χ2n) is 3.60. The second-order valence-corrected chi connectivity index (χ2v) is 3.60. The second kappa shape index (κ2) is 5.13. The lowest BCUT2D eigenvalue weighted by Crippen LogP contribution is -2.03. The van der Waals surface area contributed by atoms with Gasteiger partial charge >= 0.3 is 0 Å². The zero-order valence-electron chi connectivity index (χ0n) is 9.23. The Bertz CT molecular complexity index is 195. The predicted molar refractivity (Wildman–Crippen MR) is 56.9 cm³/mol. The normalized spacial score (nSPS) is 14.3. The summed E-state index contributed by atoms with van der Waals surface area (Å²) in [5.74, 6) is 0. The number of allylic oxidation sites excluding steroid dienone is 2. The zero-order chi connectivity index (χ0) is 9.72. The fraction of sp³-hybridized carbons (Fsp3) is 0.727. The molecule has 0 radical (unpaired) electrons. The molecule has 0 N–H and O–H groups in total. The molecule has 0 fully saturated rings. The van der Waals surface area contributed by atoms with E-state index in [4.69, 9.17) is 0 Å². The van der Waals surface area contributed by atoms with Crippen LogP contribution in [0.25, 0.3) is 0 Å². The van der Waals surface area contributed by atoms with E-state index in [1.165, 1.54) is 16.9 Å². The Labute approximate surface area is 76.6 Å². The van der Waals surface area contributed by atoms with E-state index in [0.717, 1.165) is 6.42 Å². The van der Waals surface area contributed by atoms with Crippen molar-refractivity contribution >= 4 is 5.71 Å². The summed E-state index contributed by atoms with van der Waals surface area (Å²) in [5, 5.41) is 0. The molecule has 0 aliphatic rings. The highest BCUT2D eigenvalue weighted by Crippen LogP contribution is 2.06. The number of nitrogens with zero attached hydrogens (tertiary/aromatic N) is 1. The lowest BCUT2D eigenvalue weighted by Gasteiger charge is -2.07. The molecule has 0 aromatic carbocycles. The summed E-state index contributed by atoms with van der Waals surface area (Å²) >= 11 is 0. The van der Waals surface area contributed by atoms with Crippen LogP contribution < -0.4 is 0 Å². The minimum atomic E-state index is 0.458. The van der Waals surface area contributed by atoms with Gasteiger partial charge < -0.3 is 0 Å².